The van der Waals surface area contributed by atoms with Crippen molar-refractivity contribution in [1.82, 2.24) is 0 Å². The van der Waals surface area contributed by atoms with Gasteiger partial charge in [0, 0.05) is 11.7 Å². The van der Waals surface area contributed by atoms with E-state index in [1.165, 1.54) is 0 Å². The fraction of sp³-hybridized carbons (Fsp3) is 0.300. The largest absolute Gasteiger partial charge is 0.508 e. The minimum absolute atomic E-state index is 0.228. The Hall–Kier alpha value is -1.91. The van der Waals surface area contributed by atoms with E-state index in [9.17, 15) is 4.79 Å². The lowest BCUT2D eigenvalue weighted by atomic mass is 10.1. The van der Waals surface area contributed by atoms with Crippen LogP contribution in [-0.4, -0.2) is 11.1 Å². The molecule has 0 saturated carbocycles. The van der Waals surface area contributed by atoms with E-state index in [4.69, 9.17) is 10.6 Å². The maximum Gasteiger partial charge on any atom is 0.336 e. The van der Waals surface area contributed by atoms with Crippen LogP contribution in [0.1, 0.15) is 18.4 Å². The SMILES string of the molecule is N=NOC(=O)CCCc1ccc(O)cc1. The third-order valence-electron chi connectivity index (χ3n) is 1.93. The Morgan fingerprint density at radius 3 is 2.67 bits per heavy atom. The molecular weight excluding hydrogens is 196 g/mol. The summed E-state index contributed by atoms with van der Waals surface area (Å²) >= 11 is 0. The molecule has 2 N–H and O–H groups in total. The zero-order valence-corrected chi connectivity index (χ0v) is 8.14. The van der Waals surface area contributed by atoms with Crippen LogP contribution >= 0.6 is 0 Å². The molecule has 5 heteroatoms. The summed E-state index contributed by atoms with van der Waals surface area (Å²) < 4.78 is 0. The van der Waals surface area contributed by atoms with E-state index in [0.717, 1.165) is 12.0 Å². The van der Waals surface area contributed by atoms with Crippen LogP contribution in [0, 0.1) is 5.53 Å². The molecule has 0 spiro atoms. The van der Waals surface area contributed by atoms with Gasteiger partial charge in [0.1, 0.15) is 5.75 Å². The highest BCUT2D eigenvalue weighted by molar-refractivity contribution is 5.68. The summed E-state index contributed by atoms with van der Waals surface area (Å²) in [6.45, 7) is 0. The van der Waals surface area contributed by atoms with Crippen molar-refractivity contribution in [2.24, 2.45) is 5.28 Å². The van der Waals surface area contributed by atoms with Crippen LogP contribution < -0.4 is 0 Å². The quantitative estimate of drug-likeness (QED) is 0.574. The number of aryl methyl sites for hydroxylation is 1. The summed E-state index contributed by atoms with van der Waals surface area (Å²) in [5.41, 5.74) is 7.36. The summed E-state index contributed by atoms with van der Waals surface area (Å²) in [6.07, 6.45) is 1.61. The molecule has 0 aliphatic heterocycles. The van der Waals surface area contributed by atoms with Crippen molar-refractivity contribution in [2.75, 3.05) is 0 Å². The molecule has 0 amide bonds. The van der Waals surface area contributed by atoms with Crippen LogP contribution in [0.3, 0.4) is 0 Å². The van der Waals surface area contributed by atoms with Gasteiger partial charge in [0.25, 0.3) is 0 Å². The maximum absolute atomic E-state index is 10.8. The third kappa shape index (κ3) is 4.21. The lowest BCUT2D eigenvalue weighted by Crippen LogP contribution is -1.99. The van der Waals surface area contributed by atoms with Gasteiger partial charge in [0.05, 0.1) is 0 Å². The minimum Gasteiger partial charge on any atom is -0.508 e. The molecule has 0 unspecified atom stereocenters. The van der Waals surface area contributed by atoms with Gasteiger partial charge in [-0.1, -0.05) is 12.1 Å². The molecular formula is C10H12N2O3. The Morgan fingerprint density at radius 1 is 1.40 bits per heavy atom. The van der Waals surface area contributed by atoms with E-state index in [-0.39, 0.29) is 12.2 Å². The van der Waals surface area contributed by atoms with Gasteiger partial charge in [0.15, 0.2) is 0 Å². The standard InChI is InChI=1S/C10H12N2O3/c11-12-15-10(14)3-1-2-8-4-6-9(13)7-5-8/h4-7,11,13H,1-3H2. The van der Waals surface area contributed by atoms with Crippen molar-refractivity contribution >= 4 is 5.97 Å². The van der Waals surface area contributed by atoms with Crippen molar-refractivity contribution in [3.05, 3.63) is 29.8 Å². The summed E-state index contributed by atoms with van der Waals surface area (Å²) in [5.74, 6) is -0.269. The average Bonchev–Trinajstić information content (AvgIpc) is 2.21. The molecule has 0 heterocycles. The molecule has 0 aromatic heterocycles. The highest BCUT2D eigenvalue weighted by Crippen LogP contribution is 2.11. The molecule has 0 atom stereocenters. The van der Waals surface area contributed by atoms with Gasteiger partial charge in [-0.05, 0) is 30.5 Å². The second kappa shape index (κ2) is 5.74. The molecule has 0 saturated heterocycles. The molecule has 0 fully saturated rings. The van der Waals surface area contributed by atoms with Crippen molar-refractivity contribution in [3.63, 3.8) is 0 Å². The van der Waals surface area contributed by atoms with Crippen molar-refractivity contribution in [2.45, 2.75) is 19.3 Å². The molecule has 0 radical (unpaired) electrons. The smallest absolute Gasteiger partial charge is 0.336 e. The van der Waals surface area contributed by atoms with E-state index < -0.39 is 5.97 Å². The Morgan fingerprint density at radius 2 is 2.07 bits per heavy atom. The van der Waals surface area contributed by atoms with Gasteiger partial charge in [0.2, 0.25) is 0 Å². The minimum atomic E-state index is -0.497. The van der Waals surface area contributed by atoms with E-state index in [1.807, 2.05) is 0 Å². The van der Waals surface area contributed by atoms with E-state index >= 15 is 0 Å². The third-order valence-corrected chi connectivity index (χ3v) is 1.93. The second-order valence-electron chi connectivity index (χ2n) is 3.07. The molecule has 0 aliphatic carbocycles. The Labute approximate surface area is 87.2 Å². The second-order valence-corrected chi connectivity index (χ2v) is 3.07. The predicted octanol–water partition coefficient (Wildman–Crippen LogP) is 2.20. The van der Waals surface area contributed by atoms with Crippen LogP contribution in [0.2, 0.25) is 0 Å². The first-order valence-corrected chi connectivity index (χ1v) is 4.57. The fourth-order valence-electron chi connectivity index (χ4n) is 1.20. The van der Waals surface area contributed by atoms with Crippen molar-refractivity contribution in [3.8, 4) is 5.75 Å². The molecule has 0 bridgehead atoms. The Bertz CT molecular complexity index is 335. The first kappa shape index (κ1) is 11.2. The van der Waals surface area contributed by atoms with E-state index in [2.05, 4.69) is 10.1 Å². The summed E-state index contributed by atoms with van der Waals surface area (Å²) in [6, 6.07) is 6.81. The maximum atomic E-state index is 10.8. The first-order valence-electron chi connectivity index (χ1n) is 4.57. The number of hydrogen-bond donors (Lipinski definition) is 2. The molecule has 1 aromatic carbocycles. The molecule has 0 aliphatic rings. The molecule has 5 nitrogen and oxygen atoms in total. The van der Waals surface area contributed by atoms with Crippen LogP contribution in [-0.2, 0) is 16.1 Å². The summed E-state index contributed by atoms with van der Waals surface area (Å²) in [4.78, 5) is 14.9. The number of aromatic hydroxyl groups is 1. The van der Waals surface area contributed by atoms with Crippen molar-refractivity contribution in [1.29, 1.82) is 5.53 Å². The monoisotopic (exact) mass is 208 g/mol. The van der Waals surface area contributed by atoms with Gasteiger partial charge in [-0.25, -0.2) is 4.79 Å². The van der Waals surface area contributed by atoms with Gasteiger partial charge in [-0.15, -0.1) is 0 Å². The van der Waals surface area contributed by atoms with E-state index in [1.54, 1.807) is 24.3 Å². The van der Waals surface area contributed by atoms with Crippen LogP contribution in [0.25, 0.3) is 0 Å². The first-order chi connectivity index (χ1) is 7.22. The number of nitrogens with one attached hydrogen (secondary N) is 1. The number of hydrogen-bond acceptors (Lipinski definition) is 5. The average molecular weight is 208 g/mol. The molecule has 1 rings (SSSR count). The zero-order valence-electron chi connectivity index (χ0n) is 8.14. The Balaban J connectivity index is 2.28. The normalized spacial score (nSPS) is 9.60. The molecule has 1 aromatic rings. The number of carbonyl (C=O) groups is 1. The van der Waals surface area contributed by atoms with Crippen LogP contribution in [0.5, 0.6) is 5.75 Å². The number of rotatable bonds is 5. The zero-order chi connectivity index (χ0) is 11.1. The van der Waals surface area contributed by atoms with Gasteiger partial charge < -0.3 is 9.94 Å². The fourth-order valence-corrected chi connectivity index (χ4v) is 1.20. The highest BCUT2D eigenvalue weighted by atomic mass is 16.7. The van der Waals surface area contributed by atoms with Gasteiger partial charge >= 0.3 is 5.97 Å². The van der Waals surface area contributed by atoms with Crippen molar-refractivity contribution < 1.29 is 14.7 Å². The molecule has 80 valence electrons. The number of phenolic OH excluding ortho intramolecular Hbond substituents is 1. The van der Waals surface area contributed by atoms with Crippen LogP contribution in [0.15, 0.2) is 29.5 Å². The predicted molar refractivity (Wildman–Crippen MR) is 52.3 cm³/mol. The van der Waals surface area contributed by atoms with Gasteiger partial charge in [-0.3, -0.25) is 0 Å². The van der Waals surface area contributed by atoms with Gasteiger partial charge in [-0.2, -0.15) is 5.53 Å². The Kier molecular flexibility index (Phi) is 4.28. The number of benzene rings is 1. The number of phenols is 1. The van der Waals surface area contributed by atoms with Crippen LogP contribution in [0.4, 0.5) is 0 Å². The lowest BCUT2D eigenvalue weighted by Gasteiger charge is -2.00. The summed E-state index contributed by atoms with van der Waals surface area (Å²) in [5, 5.41) is 11.6. The summed E-state index contributed by atoms with van der Waals surface area (Å²) in [7, 11) is 0. The molecule has 15 heavy (non-hydrogen) atoms. The topological polar surface area (TPSA) is 82.7 Å². The number of nitrogens with zero attached hydrogens (tertiary/aromatic N) is 1. The highest BCUT2D eigenvalue weighted by Gasteiger charge is 2.02. The lowest BCUT2D eigenvalue weighted by molar-refractivity contribution is -0.145. The van der Waals surface area contributed by atoms with E-state index in [0.29, 0.717) is 6.42 Å². The number of carbonyl (C=O) groups excluding carboxylic acids is 1.